The van der Waals surface area contributed by atoms with E-state index >= 15 is 0 Å². The topological polar surface area (TPSA) is 208 Å². The van der Waals surface area contributed by atoms with Crippen LogP contribution in [0.25, 0.3) is 0 Å². The first-order chi connectivity index (χ1) is 13.6. The summed E-state index contributed by atoms with van der Waals surface area (Å²) in [7, 11) is 0. The van der Waals surface area contributed by atoms with Gasteiger partial charge in [-0.25, -0.2) is 4.79 Å². The summed E-state index contributed by atoms with van der Waals surface area (Å²) >= 11 is 0. The maximum Gasteiger partial charge on any atom is 0.326 e. The highest BCUT2D eigenvalue weighted by atomic mass is 16.4. The summed E-state index contributed by atoms with van der Waals surface area (Å²) in [5.74, 6) is -5.25. The number of nitrogens with one attached hydrogen (secondary N) is 3. The van der Waals surface area contributed by atoms with Crippen molar-refractivity contribution in [3.05, 3.63) is 29.8 Å². The van der Waals surface area contributed by atoms with Gasteiger partial charge in [0.1, 0.15) is 17.8 Å². The number of hydrogen-bond acceptors (Lipinski definition) is 7. The number of hydrogen-bond donors (Lipinski definition) is 7. The number of carboxylic acids is 2. The van der Waals surface area contributed by atoms with Crippen LogP contribution in [0.4, 0.5) is 0 Å². The van der Waals surface area contributed by atoms with Gasteiger partial charge >= 0.3 is 11.9 Å². The van der Waals surface area contributed by atoms with Crippen molar-refractivity contribution in [2.45, 2.75) is 24.9 Å². The molecule has 158 valence electrons. The third-order valence-corrected chi connectivity index (χ3v) is 3.65. The van der Waals surface area contributed by atoms with Crippen LogP contribution < -0.4 is 21.7 Å². The van der Waals surface area contributed by atoms with Crippen LogP contribution in [0.5, 0.6) is 5.75 Å². The first-order valence-corrected chi connectivity index (χ1v) is 8.41. The second kappa shape index (κ2) is 11.2. The van der Waals surface area contributed by atoms with Crippen LogP contribution in [0.2, 0.25) is 0 Å². The van der Waals surface area contributed by atoms with E-state index in [0.29, 0.717) is 5.56 Å². The van der Waals surface area contributed by atoms with Crippen molar-refractivity contribution in [2.75, 3.05) is 13.1 Å². The first kappa shape index (κ1) is 23.4. The van der Waals surface area contributed by atoms with E-state index in [1.165, 1.54) is 24.3 Å². The lowest BCUT2D eigenvalue weighted by Gasteiger charge is -2.21. The average molecular weight is 410 g/mol. The number of carbonyl (C=O) groups excluding carboxylic acids is 3. The van der Waals surface area contributed by atoms with E-state index in [4.69, 9.17) is 15.9 Å². The second-order valence-electron chi connectivity index (χ2n) is 5.97. The molecule has 3 amide bonds. The van der Waals surface area contributed by atoms with E-state index < -0.39 is 54.7 Å². The summed E-state index contributed by atoms with van der Waals surface area (Å²) in [6, 6.07) is 2.73. The molecule has 0 aliphatic rings. The average Bonchev–Trinajstić information content (AvgIpc) is 2.66. The van der Waals surface area contributed by atoms with Crippen molar-refractivity contribution in [3.8, 4) is 5.75 Å². The SMILES string of the molecule is NCC(=O)NCC(=O)NC(Cc1ccc(O)cc1)C(=O)NC(CC(=O)O)C(=O)O. The molecule has 1 aromatic carbocycles. The number of carbonyl (C=O) groups is 5. The Labute approximate surface area is 165 Å². The summed E-state index contributed by atoms with van der Waals surface area (Å²) in [5.41, 5.74) is 5.64. The van der Waals surface area contributed by atoms with Gasteiger partial charge in [0.15, 0.2) is 0 Å². The first-order valence-electron chi connectivity index (χ1n) is 8.41. The van der Waals surface area contributed by atoms with Gasteiger partial charge in [0.25, 0.3) is 0 Å². The zero-order chi connectivity index (χ0) is 22.0. The van der Waals surface area contributed by atoms with E-state index in [1.54, 1.807) is 0 Å². The Morgan fingerprint density at radius 2 is 1.55 bits per heavy atom. The number of amides is 3. The standard InChI is InChI=1S/C17H22N4O8/c18-7-13(23)19-8-14(24)20-11(5-9-1-3-10(22)4-2-9)16(27)21-12(17(28)29)6-15(25)26/h1-4,11-12,22H,5-8,18H2,(H,19,23)(H,20,24)(H,21,27)(H,25,26)(H,28,29). The number of phenolic OH excluding ortho intramolecular Hbond substituents is 1. The van der Waals surface area contributed by atoms with Crippen LogP contribution in [-0.2, 0) is 30.4 Å². The molecule has 0 fully saturated rings. The minimum absolute atomic E-state index is 0.0179. The number of benzene rings is 1. The molecule has 1 aromatic rings. The van der Waals surface area contributed by atoms with Gasteiger partial charge in [0, 0.05) is 6.42 Å². The predicted octanol–water partition coefficient (Wildman–Crippen LogP) is -2.46. The minimum atomic E-state index is -1.70. The Morgan fingerprint density at radius 3 is 2.07 bits per heavy atom. The van der Waals surface area contributed by atoms with Crippen LogP contribution in [0.15, 0.2) is 24.3 Å². The number of rotatable bonds is 11. The highest BCUT2D eigenvalue weighted by Crippen LogP contribution is 2.11. The second-order valence-corrected chi connectivity index (χ2v) is 5.97. The summed E-state index contributed by atoms with van der Waals surface area (Å²) in [5, 5.41) is 33.8. The van der Waals surface area contributed by atoms with Crippen LogP contribution in [0, 0.1) is 0 Å². The molecule has 0 bridgehead atoms. The lowest BCUT2D eigenvalue weighted by molar-refractivity contribution is -0.147. The maximum atomic E-state index is 12.5. The summed E-state index contributed by atoms with van der Waals surface area (Å²) in [6.45, 7) is -0.799. The minimum Gasteiger partial charge on any atom is -0.508 e. The van der Waals surface area contributed by atoms with E-state index in [-0.39, 0.29) is 18.7 Å². The van der Waals surface area contributed by atoms with Crippen molar-refractivity contribution in [3.63, 3.8) is 0 Å². The Bertz CT molecular complexity index is 765. The molecule has 0 aliphatic carbocycles. The fraction of sp³-hybridized carbons (Fsp3) is 0.353. The molecule has 0 spiro atoms. The fourth-order valence-electron chi connectivity index (χ4n) is 2.22. The molecular formula is C17H22N4O8. The molecule has 29 heavy (non-hydrogen) atoms. The molecule has 8 N–H and O–H groups in total. The van der Waals surface area contributed by atoms with Crippen molar-refractivity contribution in [1.29, 1.82) is 0 Å². The van der Waals surface area contributed by atoms with Crippen molar-refractivity contribution in [1.82, 2.24) is 16.0 Å². The Morgan fingerprint density at radius 1 is 0.931 bits per heavy atom. The third-order valence-electron chi connectivity index (χ3n) is 3.65. The largest absolute Gasteiger partial charge is 0.508 e. The Kier molecular flexibility index (Phi) is 9.05. The van der Waals surface area contributed by atoms with Gasteiger partial charge in [0.2, 0.25) is 17.7 Å². The zero-order valence-electron chi connectivity index (χ0n) is 15.3. The molecule has 12 heteroatoms. The van der Waals surface area contributed by atoms with Gasteiger partial charge in [-0.2, -0.15) is 0 Å². The lowest BCUT2D eigenvalue weighted by atomic mass is 10.0. The van der Waals surface area contributed by atoms with Crippen LogP contribution in [0.3, 0.4) is 0 Å². The normalized spacial score (nSPS) is 12.3. The number of nitrogens with two attached hydrogens (primary N) is 1. The van der Waals surface area contributed by atoms with Crippen molar-refractivity contribution in [2.24, 2.45) is 5.73 Å². The van der Waals surface area contributed by atoms with Crippen molar-refractivity contribution >= 4 is 29.7 Å². The van der Waals surface area contributed by atoms with E-state index in [1.807, 2.05) is 0 Å². The van der Waals surface area contributed by atoms with Crippen molar-refractivity contribution < 1.29 is 39.3 Å². The summed E-state index contributed by atoms with van der Waals surface area (Å²) < 4.78 is 0. The smallest absolute Gasteiger partial charge is 0.326 e. The number of carboxylic acid groups (broad SMARTS) is 2. The molecule has 0 aliphatic heterocycles. The molecule has 0 aromatic heterocycles. The predicted molar refractivity (Wildman–Crippen MR) is 97.6 cm³/mol. The van der Waals surface area contributed by atoms with Gasteiger partial charge in [-0.3, -0.25) is 19.2 Å². The molecular weight excluding hydrogens is 388 g/mol. The van der Waals surface area contributed by atoms with Gasteiger partial charge in [-0.1, -0.05) is 12.1 Å². The number of aromatic hydroxyl groups is 1. The van der Waals surface area contributed by atoms with E-state index in [9.17, 15) is 29.1 Å². The summed E-state index contributed by atoms with van der Waals surface area (Å²) in [4.78, 5) is 57.6. The Hall–Kier alpha value is -3.67. The van der Waals surface area contributed by atoms with Gasteiger partial charge in [-0.05, 0) is 17.7 Å². The monoisotopic (exact) mass is 410 g/mol. The highest BCUT2D eigenvalue weighted by Gasteiger charge is 2.28. The molecule has 0 saturated heterocycles. The number of phenols is 1. The van der Waals surface area contributed by atoms with Gasteiger partial charge in [0.05, 0.1) is 19.5 Å². The molecule has 12 nitrogen and oxygen atoms in total. The molecule has 0 radical (unpaired) electrons. The molecule has 1 rings (SSSR count). The molecule has 2 atom stereocenters. The zero-order valence-corrected chi connectivity index (χ0v) is 15.3. The summed E-state index contributed by atoms with van der Waals surface area (Å²) in [6.07, 6.45) is -0.935. The van der Waals surface area contributed by atoms with Gasteiger partial charge in [-0.15, -0.1) is 0 Å². The highest BCUT2D eigenvalue weighted by molar-refractivity contribution is 5.93. The molecule has 2 unspecified atom stereocenters. The van der Waals surface area contributed by atoms with E-state index in [0.717, 1.165) is 0 Å². The van der Waals surface area contributed by atoms with Crippen LogP contribution >= 0.6 is 0 Å². The number of aliphatic carboxylic acids is 2. The quantitative estimate of drug-likeness (QED) is 0.206. The van der Waals surface area contributed by atoms with Crippen LogP contribution in [-0.4, -0.2) is 70.2 Å². The molecule has 0 heterocycles. The van der Waals surface area contributed by atoms with E-state index in [2.05, 4.69) is 16.0 Å². The Balaban J connectivity index is 2.92. The lowest BCUT2D eigenvalue weighted by Crippen LogP contribution is -2.54. The fourth-order valence-corrected chi connectivity index (χ4v) is 2.22. The van der Waals surface area contributed by atoms with Crippen LogP contribution in [0.1, 0.15) is 12.0 Å². The third kappa shape index (κ3) is 8.71. The maximum absolute atomic E-state index is 12.5. The van der Waals surface area contributed by atoms with Gasteiger partial charge < -0.3 is 37.0 Å². The molecule has 0 saturated carbocycles.